The van der Waals surface area contributed by atoms with Crippen molar-refractivity contribution in [3.05, 3.63) is 59.7 Å². The SMILES string of the molecule is Cc1cnccc1N1CC(Cc2ccccc2F)(C(=O)N[C@@H]2C[C@H]3OCC[C@@H]23)C1. The summed E-state index contributed by atoms with van der Waals surface area (Å²) in [7, 11) is 0. The Balaban J connectivity index is 1.36. The van der Waals surface area contributed by atoms with E-state index in [9.17, 15) is 9.18 Å². The summed E-state index contributed by atoms with van der Waals surface area (Å²) in [6.45, 7) is 3.97. The van der Waals surface area contributed by atoms with Gasteiger partial charge in [0.2, 0.25) is 5.91 Å². The Kier molecular flexibility index (Phi) is 4.54. The third-order valence-electron chi connectivity index (χ3n) is 6.87. The molecule has 1 aromatic heterocycles. The van der Waals surface area contributed by atoms with Crippen LogP contribution in [0.3, 0.4) is 0 Å². The number of aryl methyl sites for hydroxylation is 1. The Morgan fingerprint density at radius 3 is 2.93 bits per heavy atom. The number of carbonyl (C=O) groups is 1. The minimum atomic E-state index is -0.623. The van der Waals surface area contributed by atoms with Crippen LogP contribution in [0.4, 0.5) is 10.1 Å². The van der Waals surface area contributed by atoms with E-state index in [1.54, 1.807) is 18.3 Å². The van der Waals surface area contributed by atoms with Crippen LogP contribution in [0.2, 0.25) is 0 Å². The number of aromatic nitrogens is 1. The summed E-state index contributed by atoms with van der Waals surface area (Å²) in [5.41, 5.74) is 2.15. The van der Waals surface area contributed by atoms with E-state index in [1.807, 2.05) is 25.3 Å². The lowest BCUT2D eigenvalue weighted by Crippen LogP contribution is -2.67. The highest BCUT2D eigenvalue weighted by Gasteiger charge is 2.53. The highest BCUT2D eigenvalue weighted by molar-refractivity contribution is 5.87. The van der Waals surface area contributed by atoms with Gasteiger partial charge in [-0.25, -0.2) is 4.39 Å². The first kappa shape index (κ1) is 18.6. The molecule has 29 heavy (non-hydrogen) atoms. The molecule has 2 aliphatic heterocycles. The van der Waals surface area contributed by atoms with Gasteiger partial charge in [0.1, 0.15) is 5.82 Å². The number of rotatable bonds is 5. The zero-order chi connectivity index (χ0) is 20.0. The van der Waals surface area contributed by atoms with E-state index >= 15 is 0 Å². The molecule has 3 atom stereocenters. The van der Waals surface area contributed by atoms with Gasteiger partial charge in [0.15, 0.2) is 0 Å². The molecule has 0 radical (unpaired) electrons. The van der Waals surface area contributed by atoms with Gasteiger partial charge in [-0.2, -0.15) is 0 Å². The number of anilines is 1. The molecular formula is C23H26FN3O2. The fourth-order valence-electron chi connectivity index (χ4n) is 5.10. The lowest BCUT2D eigenvalue weighted by Gasteiger charge is -2.52. The Hall–Kier alpha value is -2.47. The Morgan fingerprint density at radius 1 is 1.34 bits per heavy atom. The number of benzene rings is 1. The smallest absolute Gasteiger partial charge is 0.230 e. The number of fused-ring (bicyclic) bond motifs is 1. The predicted octanol–water partition coefficient (Wildman–Crippen LogP) is 2.87. The molecule has 152 valence electrons. The maximum Gasteiger partial charge on any atom is 0.230 e. The molecular weight excluding hydrogens is 369 g/mol. The van der Waals surface area contributed by atoms with E-state index in [-0.39, 0.29) is 17.8 Å². The predicted molar refractivity (Wildman–Crippen MR) is 108 cm³/mol. The fourth-order valence-corrected chi connectivity index (χ4v) is 5.10. The van der Waals surface area contributed by atoms with E-state index in [0.717, 1.165) is 30.7 Å². The molecule has 0 unspecified atom stereocenters. The number of hydrogen-bond acceptors (Lipinski definition) is 4. The van der Waals surface area contributed by atoms with Crippen LogP contribution in [0, 0.1) is 24.1 Å². The van der Waals surface area contributed by atoms with E-state index in [4.69, 9.17) is 4.74 Å². The minimum absolute atomic E-state index is 0.0408. The molecule has 1 N–H and O–H groups in total. The van der Waals surface area contributed by atoms with Crippen LogP contribution in [-0.2, 0) is 16.0 Å². The van der Waals surface area contributed by atoms with E-state index < -0.39 is 5.41 Å². The van der Waals surface area contributed by atoms with E-state index in [1.165, 1.54) is 6.07 Å². The van der Waals surface area contributed by atoms with Crippen LogP contribution in [0.5, 0.6) is 0 Å². The average molecular weight is 395 g/mol. The van der Waals surface area contributed by atoms with Crippen LogP contribution in [-0.4, -0.2) is 42.7 Å². The first-order valence-corrected chi connectivity index (χ1v) is 10.4. The molecule has 1 saturated carbocycles. The number of halogens is 1. The molecule has 3 aliphatic rings. The molecule has 5 nitrogen and oxygen atoms in total. The zero-order valence-electron chi connectivity index (χ0n) is 16.6. The van der Waals surface area contributed by atoms with Crippen molar-refractivity contribution in [1.82, 2.24) is 10.3 Å². The van der Waals surface area contributed by atoms with Gasteiger partial charge in [-0.1, -0.05) is 18.2 Å². The molecule has 2 aromatic rings. The molecule has 5 rings (SSSR count). The molecule has 0 spiro atoms. The van der Waals surface area contributed by atoms with Crippen molar-refractivity contribution < 1.29 is 13.9 Å². The molecule has 1 aromatic carbocycles. The van der Waals surface area contributed by atoms with Crippen LogP contribution in [0.25, 0.3) is 0 Å². The van der Waals surface area contributed by atoms with Gasteiger partial charge in [-0.05, 0) is 49.4 Å². The minimum Gasteiger partial charge on any atom is -0.378 e. The number of carbonyl (C=O) groups excluding carboxylic acids is 1. The molecule has 1 aliphatic carbocycles. The number of amides is 1. The first-order valence-electron chi connectivity index (χ1n) is 10.4. The van der Waals surface area contributed by atoms with Crippen molar-refractivity contribution in [2.75, 3.05) is 24.6 Å². The van der Waals surface area contributed by atoms with Crippen molar-refractivity contribution in [2.45, 2.75) is 38.3 Å². The second kappa shape index (κ2) is 7.10. The van der Waals surface area contributed by atoms with Crippen molar-refractivity contribution in [3.8, 4) is 0 Å². The number of nitrogens with one attached hydrogen (secondary N) is 1. The maximum absolute atomic E-state index is 14.4. The summed E-state index contributed by atoms with van der Waals surface area (Å²) in [4.78, 5) is 19.8. The first-order chi connectivity index (χ1) is 14.1. The van der Waals surface area contributed by atoms with Crippen LogP contribution >= 0.6 is 0 Å². The second-order valence-electron chi connectivity index (χ2n) is 8.74. The summed E-state index contributed by atoms with van der Waals surface area (Å²) in [6, 6.07) is 8.94. The summed E-state index contributed by atoms with van der Waals surface area (Å²) in [5, 5.41) is 3.28. The third-order valence-corrected chi connectivity index (χ3v) is 6.87. The van der Waals surface area contributed by atoms with Crippen molar-refractivity contribution in [2.24, 2.45) is 11.3 Å². The molecule has 3 fully saturated rings. The maximum atomic E-state index is 14.4. The number of nitrogens with zero attached hydrogens (tertiary/aromatic N) is 2. The Labute approximate surface area is 170 Å². The van der Waals surface area contributed by atoms with Gasteiger partial charge in [-0.15, -0.1) is 0 Å². The fraction of sp³-hybridized carbons (Fsp3) is 0.478. The van der Waals surface area contributed by atoms with Crippen LogP contribution < -0.4 is 10.2 Å². The third kappa shape index (κ3) is 3.19. The largest absolute Gasteiger partial charge is 0.378 e. The molecule has 2 saturated heterocycles. The highest BCUT2D eigenvalue weighted by atomic mass is 19.1. The summed E-state index contributed by atoms with van der Waals surface area (Å²) < 4.78 is 20.0. The quantitative estimate of drug-likeness (QED) is 0.846. The molecule has 6 heteroatoms. The monoisotopic (exact) mass is 395 g/mol. The zero-order valence-corrected chi connectivity index (χ0v) is 16.6. The number of ether oxygens (including phenoxy) is 1. The van der Waals surface area contributed by atoms with Gasteiger partial charge in [-0.3, -0.25) is 9.78 Å². The van der Waals surface area contributed by atoms with E-state index in [0.29, 0.717) is 37.1 Å². The molecule has 0 bridgehead atoms. The standard InChI is InChI=1S/C23H26FN3O2/c1-15-12-25-8-6-20(15)27-13-23(14-27,11-16-4-2-3-5-18(16)24)22(28)26-19-10-21-17(19)7-9-29-21/h2-6,8,12,17,19,21H,7,9-11,13-14H2,1H3,(H,26,28)/t17-,19+,21+/m0/s1. The summed E-state index contributed by atoms with van der Waals surface area (Å²) in [5.74, 6) is 0.230. The van der Waals surface area contributed by atoms with Gasteiger partial charge in [0.25, 0.3) is 0 Å². The Morgan fingerprint density at radius 2 is 2.17 bits per heavy atom. The number of hydrogen-bond donors (Lipinski definition) is 1. The van der Waals surface area contributed by atoms with Gasteiger partial charge in [0.05, 0.1) is 11.5 Å². The summed E-state index contributed by atoms with van der Waals surface area (Å²) >= 11 is 0. The topological polar surface area (TPSA) is 54.5 Å². The van der Waals surface area contributed by atoms with Crippen LogP contribution in [0.15, 0.2) is 42.7 Å². The highest BCUT2D eigenvalue weighted by Crippen LogP contribution is 2.42. The van der Waals surface area contributed by atoms with Gasteiger partial charge < -0.3 is 15.0 Å². The summed E-state index contributed by atoms with van der Waals surface area (Å²) in [6.07, 6.45) is 6.22. The molecule has 3 heterocycles. The lowest BCUT2D eigenvalue weighted by molar-refractivity contribution is -0.135. The average Bonchev–Trinajstić information content (AvgIpc) is 3.05. The van der Waals surface area contributed by atoms with Gasteiger partial charge >= 0.3 is 0 Å². The lowest BCUT2D eigenvalue weighted by atomic mass is 9.71. The normalized spacial score (nSPS) is 27.0. The Bertz CT molecular complexity index is 928. The van der Waals surface area contributed by atoms with Gasteiger partial charge in [0, 0.05) is 49.7 Å². The number of pyridine rings is 1. The van der Waals surface area contributed by atoms with Crippen molar-refractivity contribution in [3.63, 3.8) is 0 Å². The van der Waals surface area contributed by atoms with Crippen molar-refractivity contribution in [1.29, 1.82) is 0 Å². The van der Waals surface area contributed by atoms with Crippen molar-refractivity contribution >= 4 is 11.6 Å². The second-order valence-corrected chi connectivity index (χ2v) is 8.74. The van der Waals surface area contributed by atoms with Crippen LogP contribution in [0.1, 0.15) is 24.0 Å². The molecule has 1 amide bonds. The van der Waals surface area contributed by atoms with E-state index in [2.05, 4.69) is 15.2 Å².